The highest BCUT2D eigenvalue weighted by Crippen LogP contribution is 2.25. The van der Waals surface area contributed by atoms with Gasteiger partial charge in [0.05, 0.1) is 5.52 Å². The lowest BCUT2D eigenvalue weighted by atomic mass is 10.1. The molecule has 2 N–H and O–H groups in total. The van der Waals surface area contributed by atoms with Gasteiger partial charge in [-0.1, -0.05) is 11.6 Å². The van der Waals surface area contributed by atoms with E-state index in [0.717, 1.165) is 46.8 Å². The second kappa shape index (κ2) is 6.63. The number of nitrogens with zero attached hydrogens (tertiary/aromatic N) is 1. The van der Waals surface area contributed by atoms with E-state index >= 15 is 0 Å². The van der Waals surface area contributed by atoms with Crippen LogP contribution in [-0.2, 0) is 0 Å². The zero-order valence-electron chi connectivity index (χ0n) is 13.3. The zero-order chi connectivity index (χ0) is 15.5. The Balaban J connectivity index is 2.02. The van der Waals surface area contributed by atoms with Crippen LogP contribution in [0.3, 0.4) is 0 Å². The predicted octanol–water partition coefficient (Wildman–Crippen LogP) is 4.39. The number of halogens is 1. The van der Waals surface area contributed by atoms with Crippen molar-refractivity contribution >= 4 is 28.2 Å². The fourth-order valence-electron chi connectivity index (χ4n) is 2.26. The normalized spacial score (nSPS) is 11.9. The molecule has 0 spiro atoms. The van der Waals surface area contributed by atoms with Crippen LogP contribution >= 0.6 is 11.6 Å². The average Bonchev–Trinajstić information content (AvgIpc) is 2.35. The lowest BCUT2D eigenvalue weighted by Gasteiger charge is -2.20. The van der Waals surface area contributed by atoms with Gasteiger partial charge in [0.25, 0.3) is 0 Å². The van der Waals surface area contributed by atoms with Crippen LogP contribution in [-0.4, -0.2) is 23.6 Å². The van der Waals surface area contributed by atoms with E-state index in [-0.39, 0.29) is 5.54 Å². The van der Waals surface area contributed by atoms with E-state index in [2.05, 4.69) is 42.5 Å². The zero-order valence-corrected chi connectivity index (χ0v) is 14.0. The molecule has 0 radical (unpaired) electrons. The fourth-order valence-corrected chi connectivity index (χ4v) is 2.42. The molecule has 21 heavy (non-hydrogen) atoms. The van der Waals surface area contributed by atoms with Crippen LogP contribution in [0.2, 0.25) is 5.02 Å². The summed E-state index contributed by atoms with van der Waals surface area (Å²) in [4.78, 5) is 4.54. The number of anilines is 1. The predicted molar refractivity (Wildman–Crippen MR) is 92.4 cm³/mol. The first-order valence-corrected chi connectivity index (χ1v) is 7.79. The van der Waals surface area contributed by atoms with Crippen molar-refractivity contribution in [1.29, 1.82) is 0 Å². The molecule has 3 nitrogen and oxygen atoms in total. The van der Waals surface area contributed by atoms with Crippen LogP contribution in [0.1, 0.15) is 32.9 Å². The number of aryl methyl sites for hydroxylation is 1. The summed E-state index contributed by atoms with van der Waals surface area (Å²) in [5.41, 5.74) is 3.25. The van der Waals surface area contributed by atoms with Crippen molar-refractivity contribution in [2.24, 2.45) is 0 Å². The molecule has 0 saturated heterocycles. The maximum Gasteiger partial charge on any atom is 0.0740 e. The molecular formula is C17H24ClN3. The van der Waals surface area contributed by atoms with E-state index in [9.17, 15) is 0 Å². The van der Waals surface area contributed by atoms with Gasteiger partial charge in [-0.25, -0.2) is 0 Å². The van der Waals surface area contributed by atoms with Crippen molar-refractivity contribution in [1.82, 2.24) is 10.3 Å². The Morgan fingerprint density at radius 1 is 1.14 bits per heavy atom. The minimum absolute atomic E-state index is 0.177. The molecule has 0 bridgehead atoms. The molecule has 0 aliphatic carbocycles. The molecule has 0 aliphatic rings. The molecule has 1 heterocycles. The Hall–Kier alpha value is -1.32. The molecular weight excluding hydrogens is 282 g/mol. The smallest absolute Gasteiger partial charge is 0.0740 e. The van der Waals surface area contributed by atoms with Gasteiger partial charge in [0, 0.05) is 33.9 Å². The summed E-state index contributed by atoms with van der Waals surface area (Å²) in [5, 5.41) is 8.85. The third kappa shape index (κ3) is 4.87. The molecule has 114 valence electrons. The number of rotatable bonds is 5. The summed E-state index contributed by atoms with van der Waals surface area (Å²) in [6.45, 7) is 10.5. The summed E-state index contributed by atoms with van der Waals surface area (Å²) in [6, 6.07) is 7.94. The Bertz CT molecular complexity index is 612. The fraction of sp³-hybridized carbons (Fsp3) is 0.471. The molecule has 0 aliphatic heterocycles. The summed E-state index contributed by atoms with van der Waals surface area (Å²) < 4.78 is 0. The number of hydrogen-bond donors (Lipinski definition) is 2. The highest BCUT2D eigenvalue weighted by molar-refractivity contribution is 6.31. The van der Waals surface area contributed by atoms with Crippen molar-refractivity contribution in [2.75, 3.05) is 18.4 Å². The van der Waals surface area contributed by atoms with E-state index in [1.54, 1.807) is 0 Å². The number of benzene rings is 1. The van der Waals surface area contributed by atoms with Crippen LogP contribution in [0.5, 0.6) is 0 Å². The first-order valence-electron chi connectivity index (χ1n) is 7.41. The molecule has 4 heteroatoms. The molecule has 0 unspecified atom stereocenters. The first-order chi connectivity index (χ1) is 9.85. The maximum absolute atomic E-state index is 6.04. The summed E-state index contributed by atoms with van der Waals surface area (Å²) in [7, 11) is 0. The van der Waals surface area contributed by atoms with Crippen molar-refractivity contribution in [3.63, 3.8) is 0 Å². The van der Waals surface area contributed by atoms with Crippen molar-refractivity contribution in [3.8, 4) is 0 Å². The van der Waals surface area contributed by atoms with Gasteiger partial charge in [0.1, 0.15) is 0 Å². The largest absolute Gasteiger partial charge is 0.384 e. The van der Waals surface area contributed by atoms with E-state index < -0.39 is 0 Å². The highest BCUT2D eigenvalue weighted by Gasteiger charge is 2.08. The van der Waals surface area contributed by atoms with Crippen LogP contribution in [0, 0.1) is 6.92 Å². The third-order valence-electron chi connectivity index (χ3n) is 3.22. The Morgan fingerprint density at radius 3 is 2.62 bits per heavy atom. The van der Waals surface area contributed by atoms with Gasteiger partial charge < -0.3 is 10.6 Å². The summed E-state index contributed by atoms with van der Waals surface area (Å²) >= 11 is 6.04. The minimum Gasteiger partial charge on any atom is -0.384 e. The molecule has 0 fully saturated rings. The molecule has 0 atom stereocenters. The van der Waals surface area contributed by atoms with Crippen molar-refractivity contribution in [3.05, 3.63) is 35.0 Å². The lowest BCUT2D eigenvalue weighted by Crippen LogP contribution is -2.36. The standard InChI is InChI=1S/C17H24ClN3/c1-12-10-15(19-8-5-9-20-17(2,3)4)14-7-6-13(18)11-16(14)21-12/h6-7,10-11,20H,5,8-9H2,1-4H3,(H,19,21). The molecule has 1 aromatic carbocycles. The molecule has 2 aromatic rings. The maximum atomic E-state index is 6.04. The Labute approximate surface area is 132 Å². The Morgan fingerprint density at radius 2 is 1.90 bits per heavy atom. The van der Waals surface area contributed by atoms with E-state index in [1.807, 2.05) is 25.1 Å². The van der Waals surface area contributed by atoms with Gasteiger partial charge in [0.15, 0.2) is 0 Å². The van der Waals surface area contributed by atoms with Gasteiger partial charge in [-0.3, -0.25) is 4.98 Å². The van der Waals surface area contributed by atoms with Crippen molar-refractivity contribution in [2.45, 2.75) is 39.7 Å². The topological polar surface area (TPSA) is 37.0 Å². The molecule has 0 amide bonds. The van der Waals surface area contributed by atoms with Gasteiger partial charge >= 0.3 is 0 Å². The Kier molecular flexibility index (Phi) is 5.07. The average molecular weight is 306 g/mol. The first kappa shape index (κ1) is 16.1. The summed E-state index contributed by atoms with van der Waals surface area (Å²) in [5.74, 6) is 0. The SMILES string of the molecule is Cc1cc(NCCCNC(C)(C)C)c2ccc(Cl)cc2n1. The van der Waals surface area contributed by atoms with Crippen molar-refractivity contribution < 1.29 is 0 Å². The molecule has 1 aromatic heterocycles. The van der Waals surface area contributed by atoms with Gasteiger partial charge in [0.2, 0.25) is 0 Å². The van der Waals surface area contributed by atoms with Crippen LogP contribution in [0.15, 0.2) is 24.3 Å². The van der Waals surface area contributed by atoms with Crippen LogP contribution < -0.4 is 10.6 Å². The number of nitrogens with one attached hydrogen (secondary N) is 2. The van der Waals surface area contributed by atoms with Gasteiger partial charge in [-0.15, -0.1) is 0 Å². The second-order valence-corrected chi connectivity index (χ2v) is 6.87. The summed E-state index contributed by atoms with van der Waals surface area (Å²) in [6.07, 6.45) is 1.08. The van der Waals surface area contributed by atoms with Crippen LogP contribution in [0.4, 0.5) is 5.69 Å². The minimum atomic E-state index is 0.177. The molecule has 0 saturated carbocycles. The van der Waals surface area contributed by atoms with E-state index in [1.165, 1.54) is 0 Å². The van der Waals surface area contributed by atoms with Gasteiger partial charge in [-0.2, -0.15) is 0 Å². The van der Waals surface area contributed by atoms with Gasteiger partial charge in [-0.05, 0) is 64.9 Å². The number of hydrogen-bond acceptors (Lipinski definition) is 3. The highest BCUT2D eigenvalue weighted by atomic mass is 35.5. The lowest BCUT2D eigenvalue weighted by molar-refractivity contribution is 0.425. The molecule has 2 rings (SSSR count). The monoisotopic (exact) mass is 305 g/mol. The second-order valence-electron chi connectivity index (χ2n) is 6.43. The third-order valence-corrected chi connectivity index (χ3v) is 3.46. The number of fused-ring (bicyclic) bond motifs is 1. The van der Waals surface area contributed by atoms with E-state index in [4.69, 9.17) is 11.6 Å². The number of aromatic nitrogens is 1. The number of pyridine rings is 1. The van der Waals surface area contributed by atoms with Crippen LogP contribution in [0.25, 0.3) is 10.9 Å². The van der Waals surface area contributed by atoms with E-state index in [0.29, 0.717) is 0 Å². The quantitative estimate of drug-likeness (QED) is 0.805.